The zero-order valence-electron chi connectivity index (χ0n) is 16.2. The molecule has 4 nitrogen and oxygen atoms in total. The van der Waals surface area contributed by atoms with Crippen LogP contribution in [0.5, 0.6) is 0 Å². The van der Waals surface area contributed by atoms with Crippen LogP contribution in [0.4, 0.5) is 4.79 Å². The lowest BCUT2D eigenvalue weighted by molar-refractivity contribution is 0.193. The number of nitrogens with zero attached hydrogens (tertiary/aromatic N) is 1. The molecule has 2 aliphatic carbocycles. The maximum Gasteiger partial charge on any atom is 0.404 e. The number of fused-ring (bicyclic) bond motifs is 3. The van der Waals surface area contributed by atoms with Crippen LogP contribution in [-0.4, -0.2) is 35.2 Å². The maximum absolute atomic E-state index is 10.9. The number of carboxylic acid groups (broad SMARTS) is 1. The molecule has 2 atom stereocenters. The van der Waals surface area contributed by atoms with E-state index in [1.165, 1.54) is 81.1 Å². The molecule has 1 saturated carbocycles. The summed E-state index contributed by atoms with van der Waals surface area (Å²) in [5.74, 6) is 1.61. The van der Waals surface area contributed by atoms with E-state index in [0.717, 1.165) is 12.3 Å². The summed E-state index contributed by atoms with van der Waals surface area (Å²) in [6.45, 7) is 2.95. The van der Waals surface area contributed by atoms with Gasteiger partial charge in [0.05, 0.1) is 0 Å². The van der Waals surface area contributed by atoms with Gasteiger partial charge < -0.3 is 10.4 Å². The molecule has 1 aromatic carbocycles. The Balaban J connectivity index is 0.00000210. The summed E-state index contributed by atoms with van der Waals surface area (Å²) < 4.78 is 0. The van der Waals surface area contributed by atoms with Crippen LogP contribution >= 0.6 is 12.4 Å². The SMILES string of the molecule is Cl.O=C(O)NCc1cccc2c1CC[C@H]1[C@@H]2CCN1CCC1CCCCC1. The largest absolute Gasteiger partial charge is 0.465 e. The minimum atomic E-state index is -0.939. The number of likely N-dealkylation sites (tertiary alicyclic amines) is 1. The number of hydrogen-bond acceptors (Lipinski definition) is 2. The molecule has 1 amide bonds. The van der Waals surface area contributed by atoms with Gasteiger partial charge in [0.25, 0.3) is 0 Å². The molecular formula is C22H33ClN2O2. The smallest absolute Gasteiger partial charge is 0.404 e. The molecule has 5 heteroatoms. The summed E-state index contributed by atoms with van der Waals surface area (Å²) in [4.78, 5) is 13.6. The number of rotatable bonds is 5. The fraction of sp³-hybridized carbons (Fsp3) is 0.682. The first kappa shape index (κ1) is 20.5. The number of benzene rings is 1. The van der Waals surface area contributed by atoms with Crippen LogP contribution in [-0.2, 0) is 13.0 Å². The minimum absolute atomic E-state index is 0. The Kier molecular flexibility index (Phi) is 7.04. The molecule has 0 spiro atoms. The van der Waals surface area contributed by atoms with E-state index in [-0.39, 0.29) is 12.4 Å². The van der Waals surface area contributed by atoms with Gasteiger partial charge in [-0.25, -0.2) is 4.79 Å². The van der Waals surface area contributed by atoms with Crippen molar-refractivity contribution in [3.05, 3.63) is 34.9 Å². The molecule has 3 aliphatic rings. The second-order valence-corrected chi connectivity index (χ2v) is 8.47. The van der Waals surface area contributed by atoms with E-state index >= 15 is 0 Å². The van der Waals surface area contributed by atoms with Crippen LogP contribution < -0.4 is 5.32 Å². The predicted molar refractivity (Wildman–Crippen MR) is 111 cm³/mol. The van der Waals surface area contributed by atoms with E-state index in [9.17, 15) is 4.79 Å². The van der Waals surface area contributed by atoms with Crippen molar-refractivity contribution in [3.8, 4) is 0 Å². The summed E-state index contributed by atoms with van der Waals surface area (Å²) in [5.41, 5.74) is 4.08. The van der Waals surface area contributed by atoms with E-state index in [1.54, 1.807) is 0 Å². The second-order valence-electron chi connectivity index (χ2n) is 8.47. The van der Waals surface area contributed by atoms with E-state index in [0.29, 0.717) is 18.5 Å². The van der Waals surface area contributed by atoms with Crippen molar-refractivity contribution in [1.29, 1.82) is 0 Å². The van der Waals surface area contributed by atoms with Crippen LogP contribution in [0.25, 0.3) is 0 Å². The lowest BCUT2D eigenvalue weighted by Crippen LogP contribution is -2.36. The molecule has 1 aliphatic heterocycles. The summed E-state index contributed by atoms with van der Waals surface area (Å²) in [6.07, 6.45) is 11.3. The van der Waals surface area contributed by atoms with Gasteiger partial charge in [-0.1, -0.05) is 50.3 Å². The molecule has 0 aromatic heterocycles. The molecule has 150 valence electrons. The second kappa shape index (κ2) is 9.29. The number of halogens is 1. The highest BCUT2D eigenvalue weighted by molar-refractivity contribution is 5.85. The van der Waals surface area contributed by atoms with Gasteiger partial charge in [0.2, 0.25) is 0 Å². The van der Waals surface area contributed by atoms with Crippen LogP contribution in [0.3, 0.4) is 0 Å². The molecule has 0 unspecified atom stereocenters. The standard InChI is InChI=1S/C22H32N2O2.ClH/c25-22(26)23-15-17-7-4-8-19-18(17)9-10-21-20(19)12-14-24(21)13-11-16-5-2-1-3-6-16;/h4,7-8,16,20-21,23H,1-3,5-6,9-15H2,(H,25,26);1H/t20-,21+;/m1./s1. The Bertz CT molecular complexity index is 645. The average Bonchev–Trinajstić information content (AvgIpc) is 3.09. The fourth-order valence-corrected chi connectivity index (χ4v) is 5.70. The quantitative estimate of drug-likeness (QED) is 0.745. The maximum atomic E-state index is 10.9. The Labute approximate surface area is 169 Å². The summed E-state index contributed by atoms with van der Waals surface area (Å²) in [6, 6.07) is 7.20. The molecule has 0 radical (unpaired) electrons. The average molecular weight is 393 g/mol. The molecule has 2 fully saturated rings. The zero-order valence-corrected chi connectivity index (χ0v) is 17.0. The first-order chi connectivity index (χ1) is 12.7. The van der Waals surface area contributed by atoms with Crippen molar-refractivity contribution in [3.63, 3.8) is 0 Å². The van der Waals surface area contributed by atoms with Crippen molar-refractivity contribution in [2.45, 2.75) is 76.3 Å². The van der Waals surface area contributed by atoms with Crippen LogP contribution in [0.1, 0.15) is 74.0 Å². The molecule has 2 N–H and O–H groups in total. The van der Waals surface area contributed by atoms with Gasteiger partial charge in [0.1, 0.15) is 0 Å². The first-order valence-electron chi connectivity index (χ1n) is 10.5. The molecule has 1 aromatic rings. The molecular weight excluding hydrogens is 360 g/mol. The number of amides is 1. The third kappa shape index (κ3) is 4.60. The molecule has 1 heterocycles. The van der Waals surface area contributed by atoms with Crippen LogP contribution in [0, 0.1) is 5.92 Å². The highest BCUT2D eigenvalue weighted by Gasteiger charge is 2.39. The van der Waals surface area contributed by atoms with Crippen LogP contribution in [0.15, 0.2) is 18.2 Å². The van der Waals surface area contributed by atoms with Gasteiger partial charge in [-0.2, -0.15) is 0 Å². The van der Waals surface area contributed by atoms with Crippen molar-refractivity contribution >= 4 is 18.5 Å². The molecule has 4 rings (SSSR count). The lowest BCUT2D eigenvalue weighted by Gasteiger charge is -2.35. The number of nitrogens with one attached hydrogen (secondary N) is 1. The monoisotopic (exact) mass is 392 g/mol. The Morgan fingerprint density at radius 3 is 2.74 bits per heavy atom. The fourth-order valence-electron chi connectivity index (χ4n) is 5.70. The minimum Gasteiger partial charge on any atom is -0.465 e. The summed E-state index contributed by atoms with van der Waals surface area (Å²) >= 11 is 0. The Morgan fingerprint density at radius 2 is 1.96 bits per heavy atom. The van der Waals surface area contributed by atoms with Crippen molar-refractivity contribution in [2.75, 3.05) is 13.1 Å². The number of carbonyl (C=O) groups is 1. The van der Waals surface area contributed by atoms with E-state index in [2.05, 4.69) is 28.4 Å². The molecule has 1 saturated heterocycles. The van der Waals surface area contributed by atoms with E-state index in [4.69, 9.17) is 5.11 Å². The predicted octanol–water partition coefficient (Wildman–Crippen LogP) is 4.95. The lowest BCUT2D eigenvalue weighted by atomic mass is 9.77. The van der Waals surface area contributed by atoms with E-state index < -0.39 is 6.09 Å². The van der Waals surface area contributed by atoms with Gasteiger partial charge in [-0.05, 0) is 61.4 Å². The summed E-state index contributed by atoms with van der Waals surface area (Å²) in [5, 5.41) is 11.5. The Morgan fingerprint density at radius 1 is 1.15 bits per heavy atom. The Hall–Kier alpha value is -1.26. The van der Waals surface area contributed by atoms with E-state index in [1.807, 2.05) is 0 Å². The highest BCUT2D eigenvalue weighted by atomic mass is 35.5. The topological polar surface area (TPSA) is 52.6 Å². The van der Waals surface area contributed by atoms with Gasteiger partial charge in [0.15, 0.2) is 0 Å². The third-order valence-corrected chi connectivity index (χ3v) is 7.04. The van der Waals surface area contributed by atoms with Crippen molar-refractivity contribution in [1.82, 2.24) is 10.2 Å². The number of hydrogen-bond donors (Lipinski definition) is 2. The normalized spacial score (nSPS) is 25.3. The zero-order chi connectivity index (χ0) is 17.9. The van der Waals surface area contributed by atoms with Gasteiger partial charge in [-0.15, -0.1) is 12.4 Å². The van der Waals surface area contributed by atoms with Gasteiger partial charge in [-0.3, -0.25) is 4.90 Å². The van der Waals surface area contributed by atoms with Crippen LogP contribution in [0.2, 0.25) is 0 Å². The van der Waals surface area contributed by atoms with Gasteiger partial charge >= 0.3 is 6.09 Å². The van der Waals surface area contributed by atoms with Crippen molar-refractivity contribution < 1.29 is 9.90 Å². The molecule has 27 heavy (non-hydrogen) atoms. The summed E-state index contributed by atoms with van der Waals surface area (Å²) in [7, 11) is 0. The van der Waals surface area contributed by atoms with Crippen molar-refractivity contribution in [2.24, 2.45) is 5.92 Å². The highest BCUT2D eigenvalue weighted by Crippen LogP contribution is 2.43. The third-order valence-electron chi connectivity index (χ3n) is 7.04. The first-order valence-corrected chi connectivity index (χ1v) is 10.5. The molecule has 0 bridgehead atoms. The van der Waals surface area contributed by atoms with Gasteiger partial charge in [0, 0.05) is 18.5 Å².